The molecule has 0 atom stereocenters. The minimum Gasteiger partial charge on any atom is -0.507 e. The van der Waals surface area contributed by atoms with Crippen LogP contribution < -0.4 is 0 Å². The van der Waals surface area contributed by atoms with Crippen LogP contribution >= 0.6 is 0 Å². The number of hydrogen-bond acceptors (Lipinski definition) is 2. The molecule has 0 aliphatic rings. The highest BCUT2D eigenvalue weighted by molar-refractivity contribution is 5.88. The fraction of sp³-hybridized carbons (Fsp3) is 0.296. The molecule has 0 aliphatic carbocycles. The van der Waals surface area contributed by atoms with Crippen LogP contribution in [-0.4, -0.2) is 17.4 Å². The quantitative estimate of drug-likeness (QED) is 0.437. The number of phenolic OH excluding ortho intramolecular Hbond substituents is 1. The van der Waals surface area contributed by atoms with Crippen LogP contribution in [0.2, 0.25) is 0 Å². The molecule has 1 N–H and O–H groups in total. The first-order chi connectivity index (χ1) is 14.0. The lowest BCUT2D eigenvalue weighted by Crippen LogP contribution is -2.19. The summed E-state index contributed by atoms with van der Waals surface area (Å²) < 4.78 is 0. The van der Waals surface area contributed by atoms with Crippen molar-refractivity contribution in [2.75, 3.05) is 0 Å². The van der Waals surface area contributed by atoms with E-state index in [2.05, 4.69) is 58.0 Å². The average Bonchev–Trinajstić information content (AvgIpc) is 2.76. The van der Waals surface area contributed by atoms with Crippen LogP contribution in [0.5, 0.6) is 5.75 Å². The standard InChI is InChI=1S/C27H31NO/c1-5-24(6-2)28-19-22-17-21(20-13-9-7-10-14-20)18-25(26(22)29)27(3,4)23-15-11-8-12-16-23/h7-19,24,29H,5-6H2,1-4H3. The summed E-state index contributed by atoms with van der Waals surface area (Å²) in [6.07, 6.45) is 3.84. The van der Waals surface area contributed by atoms with Gasteiger partial charge in [-0.3, -0.25) is 4.99 Å². The van der Waals surface area contributed by atoms with Crippen molar-refractivity contribution < 1.29 is 5.11 Å². The van der Waals surface area contributed by atoms with E-state index in [9.17, 15) is 5.11 Å². The van der Waals surface area contributed by atoms with E-state index in [0.29, 0.717) is 5.75 Å². The molecule has 0 saturated carbocycles. The molecule has 0 bridgehead atoms. The maximum Gasteiger partial charge on any atom is 0.128 e. The minimum absolute atomic E-state index is 0.278. The van der Waals surface area contributed by atoms with E-state index in [1.165, 1.54) is 5.56 Å². The number of hydrogen-bond donors (Lipinski definition) is 1. The van der Waals surface area contributed by atoms with Gasteiger partial charge in [-0.25, -0.2) is 0 Å². The molecule has 2 heteroatoms. The Bertz CT molecular complexity index is 955. The summed E-state index contributed by atoms with van der Waals surface area (Å²) >= 11 is 0. The van der Waals surface area contributed by atoms with Gasteiger partial charge in [-0.05, 0) is 41.7 Å². The van der Waals surface area contributed by atoms with Gasteiger partial charge in [-0.1, -0.05) is 88.4 Å². The summed E-state index contributed by atoms with van der Waals surface area (Å²) in [5.74, 6) is 0.313. The highest BCUT2D eigenvalue weighted by Gasteiger charge is 2.28. The number of rotatable bonds is 7. The number of aliphatic imine (C=N–C) groups is 1. The average molecular weight is 386 g/mol. The van der Waals surface area contributed by atoms with Gasteiger partial charge in [0.15, 0.2) is 0 Å². The van der Waals surface area contributed by atoms with Crippen molar-refractivity contribution in [3.8, 4) is 16.9 Å². The SMILES string of the molecule is CCC(CC)N=Cc1cc(-c2ccccc2)cc(C(C)(C)c2ccccc2)c1O. The largest absolute Gasteiger partial charge is 0.507 e. The molecule has 3 aromatic rings. The van der Waals surface area contributed by atoms with Crippen molar-refractivity contribution in [2.45, 2.75) is 52.0 Å². The fourth-order valence-corrected chi connectivity index (χ4v) is 3.72. The normalized spacial score (nSPS) is 12.0. The number of phenols is 1. The van der Waals surface area contributed by atoms with Crippen LogP contribution in [0.4, 0.5) is 0 Å². The second kappa shape index (κ2) is 9.09. The first kappa shape index (κ1) is 20.9. The van der Waals surface area contributed by atoms with Gasteiger partial charge in [0.05, 0.1) is 0 Å². The second-order valence-corrected chi connectivity index (χ2v) is 8.07. The van der Waals surface area contributed by atoms with E-state index in [0.717, 1.165) is 35.1 Å². The summed E-state index contributed by atoms with van der Waals surface area (Å²) in [7, 11) is 0. The number of nitrogens with zero attached hydrogens (tertiary/aromatic N) is 1. The zero-order valence-corrected chi connectivity index (χ0v) is 17.9. The summed E-state index contributed by atoms with van der Waals surface area (Å²) in [6, 6.07) is 25.1. The molecule has 0 saturated heterocycles. The predicted octanol–water partition coefficient (Wildman–Crippen LogP) is 6.99. The Kier molecular flexibility index (Phi) is 6.53. The molecule has 0 radical (unpaired) electrons. The van der Waals surface area contributed by atoms with Gasteiger partial charge >= 0.3 is 0 Å². The van der Waals surface area contributed by atoms with Gasteiger partial charge in [0, 0.05) is 28.8 Å². The Labute approximate surface area is 175 Å². The van der Waals surface area contributed by atoms with E-state index in [4.69, 9.17) is 4.99 Å². The van der Waals surface area contributed by atoms with Gasteiger partial charge in [-0.2, -0.15) is 0 Å². The third-order valence-corrected chi connectivity index (χ3v) is 5.78. The van der Waals surface area contributed by atoms with Crippen molar-refractivity contribution >= 4 is 6.21 Å². The Morgan fingerprint density at radius 1 is 0.862 bits per heavy atom. The maximum atomic E-state index is 11.2. The van der Waals surface area contributed by atoms with Crippen LogP contribution in [0.1, 0.15) is 57.2 Å². The molecule has 0 amide bonds. The van der Waals surface area contributed by atoms with Crippen LogP contribution in [0.25, 0.3) is 11.1 Å². The lowest BCUT2D eigenvalue weighted by molar-refractivity contribution is 0.452. The van der Waals surface area contributed by atoms with E-state index < -0.39 is 0 Å². The molecule has 150 valence electrons. The summed E-state index contributed by atoms with van der Waals surface area (Å²) in [6.45, 7) is 8.62. The van der Waals surface area contributed by atoms with Crippen molar-refractivity contribution in [3.05, 3.63) is 89.5 Å². The Balaban J connectivity index is 2.18. The van der Waals surface area contributed by atoms with Crippen molar-refractivity contribution in [1.29, 1.82) is 0 Å². The van der Waals surface area contributed by atoms with Crippen molar-refractivity contribution in [2.24, 2.45) is 4.99 Å². The molecule has 0 aromatic heterocycles. The highest BCUT2D eigenvalue weighted by Crippen LogP contribution is 2.40. The lowest BCUT2D eigenvalue weighted by atomic mass is 9.76. The minimum atomic E-state index is -0.340. The van der Waals surface area contributed by atoms with Gasteiger partial charge in [0.2, 0.25) is 0 Å². The van der Waals surface area contributed by atoms with E-state index >= 15 is 0 Å². The van der Waals surface area contributed by atoms with Crippen LogP contribution in [-0.2, 0) is 5.41 Å². The van der Waals surface area contributed by atoms with Crippen LogP contribution in [0.15, 0.2) is 77.8 Å². The van der Waals surface area contributed by atoms with Gasteiger partial charge in [0.25, 0.3) is 0 Å². The Morgan fingerprint density at radius 2 is 1.45 bits per heavy atom. The van der Waals surface area contributed by atoms with Crippen LogP contribution in [0.3, 0.4) is 0 Å². The number of aromatic hydroxyl groups is 1. The number of benzene rings is 3. The third-order valence-electron chi connectivity index (χ3n) is 5.78. The fourth-order valence-electron chi connectivity index (χ4n) is 3.72. The molecule has 2 nitrogen and oxygen atoms in total. The predicted molar refractivity (Wildman–Crippen MR) is 124 cm³/mol. The molecule has 0 spiro atoms. The molecule has 0 aliphatic heterocycles. The van der Waals surface area contributed by atoms with Gasteiger partial charge in [-0.15, -0.1) is 0 Å². The Morgan fingerprint density at radius 3 is 2.03 bits per heavy atom. The highest BCUT2D eigenvalue weighted by atomic mass is 16.3. The van der Waals surface area contributed by atoms with Crippen molar-refractivity contribution in [3.63, 3.8) is 0 Å². The molecular formula is C27H31NO. The molecular weight excluding hydrogens is 354 g/mol. The first-order valence-electron chi connectivity index (χ1n) is 10.5. The molecule has 3 aromatic carbocycles. The second-order valence-electron chi connectivity index (χ2n) is 8.07. The smallest absolute Gasteiger partial charge is 0.128 e. The molecule has 0 heterocycles. The summed E-state index contributed by atoms with van der Waals surface area (Å²) in [5.41, 5.74) is 4.74. The third kappa shape index (κ3) is 4.59. The van der Waals surface area contributed by atoms with Crippen molar-refractivity contribution in [1.82, 2.24) is 0 Å². The summed E-state index contributed by atoms with van der Waals surface area (Å²) in [5, 5.41) is 11.2. The zero-order valence-electron chi connectivity index (χ0n) is 17.9. The monoisotopic (exact) mass is 385 g/mol. The topological polar surface area (TPSA) is 32.6 Å². The molecule has 3 rings (SSSR count). The molecule has 0 fully saturated rings. The van der Waals surface area contributed by atoms with Gasteiger partial charge < -0.3 is 5.11 Å². The lowest BCUT2D eigenvalue weighted by Gasteiger charge is -2.28. The first-order valence-corrected chi connectivity index (χ1v) is 10.5. The van der Waals surface area contributed by atoms with E-state index in [1.807, 2.05) is 48.7 Å². The summed E-state index contributed by atoms with van der Waals surface area (Å²) in [4.78, 5) is 4.74. The van der Waals surface area contributed by atoms with E-state index in [1.54, 1.807) is 0 Å². The zero-order chi connectivity index (χ0) is 20.9. The molecule has 29 heavy (non-hydrogen) atoms. The molecule has 0 unspecified atom stereocenters. The van der Waals surface area contributed by atoms with Gasteiger partial charge in [0.1, 0.15) is 5.75 Å². The van der Waals surface area contributed by atoms with Crippen LogP contribution in [0, 0.1) is 0 Å². The van der Waals surface area contributed by atoms with E-state index in [-0.39, 0.29) is 11.5 Å². The Hall–Kier alpha value is -2.87. The maximum absolute atomic E-state index is 11.2.